The number of nitrogens with one attached hydrogen (secondary N) is 1. The first-order chi connectivity index (χ1) is 21.2. The maximum Gasteiger partial charge on any atom is 0.333 e. The number of oxazole rings is 1. The van der Waals surface area contributed by atoms with Crippen molar-refractivity contribution in [2.75, 3.05) is 33.5 Å². The van der Waals surface area contributed by atoms with E-state index in [0.29, 0.717) is 53.0 Å². The van der Waals surface area contributed by atoms with Crippen molar-refractivity contribution in [1.82, 2.24) is 19.6 Å². The molecule has 1 saturated heterocycles. The molecule has 0 spiro atoms. The molecule has 14 heteroatoms. The highest BCUT2D eigenvalue weighted by molar-refractivity contribution is 7.22. The molecule has 5 rings (SSSR count). The molecule has 1 atom stereocenters. The lowest BCUT2D eigenvalue weighted by molar-refractivity contribution is -0.142. The number of aromatic nitrogens is 3. The zero-order valence-electron chi connectivity index (χ0n) is 25.0. The zero-order valence-corrected chi connectivity index (χ0v) is 25.8. The maximum atomic E-state index is 14.4. The van der Waals surface area contributed by atoms with E-state index in [1.165, 1.54) is 42.2 Å². The number of thiophene rings is 1. The number of amides is 1. The number of rotatable bonds is 12. The Morgan fingerprint density at radius 2 is 2.00 bits per heavy atom. The largest absolute Gasteiger partial charge is 0.496 e. The van der Waals surface area contributed by atoms with Gasteiger partial charge >= 0.3 is 5.69 Å². The van der Waals surface area contributed by atoms with Crippen molar-refractivity contribution in [1.29, 1.82) is 0 Å². The Kier molecular flexibility index (Phi) is 9.65. The van der Waals surface area contributed by atoms with E-state index < -0.39 is 28.8 Å². The molecule has 4 heterocycles. The lowest BCUT2D eigenvalue weighted by atomic mass is 10.0. The molecule has 1 aromatic carbocycles. The van der Waals surface area contributed by atoms with Crippen LogP contribution in [0.2, 0.25) is 0 Å². The minimum atomic E-state index is -1.68. The smallest absolute Gasteiger partial charge is 0.333 e. The topological polar surface area (TPSA) is 156 Å². The third kappa shape index (κ3) is 6.08. The summed E-state index contributed by atoms with van der Waals surface area (Å²) in [5, 5.41) is 9.32. The monoisotopic (exact) mass is 628 g/mol. The fourth-order valence-corrected chi connectivity index (χ4v) is 6.53. The first-order valence-corrected chi connectivity index (χ1v) is 15.1. The van der Waals surface area contributed by atoms with Crippen LogP contribution in [0.5, 0.6) is 5.75 Å². The summed E-state index contributed by atoms with van der Waals surface area (Å²) in [5.74, 6) is 0.158. The number of hydroxylamine groups is 1. The normalized spacial score (nSPS) is 15.0. The third-order valence-electron chi connectivity index (χ3n) is 7.67. The van der Waals surface area contributed by atoms with Crippen LogP contribution in [0.1, 0.15) is 43.9 Å². The Morgan fingerprint density at radius 1 is 1.25 bits per heavy atom. The standard InChI is InChI=1S/C30H36N4O9S/c1-18-23-26(36)34(30(2,3)28(37)32-42-16-12-35)29(38)33(27(23)44-24(18)25-31-11-15-41-25)17-22(43-19-9-13-40-14-10-19)20-7-5-6-8-21(20)39-4/h5-8,11,15,19,22,35H,9-10,12-14,16-17H2,1-4H3,(H,32,37)/t22-/m0/s1. The lowest BCUT2D eigenvalue weighted by Crippen LogP contribution is -2.56. The van der Waals surface area contributed by atoms with Gasteiger partial charge in [-0.1, -0.05) is 18.2 Å². The predicted molar refractivity (Wildman–Crippen MR) is 162 cm³/mol. The summed E-state index contributed by atoms with van der Waals surface area (Å²) in [4.78, 5) is 52.1. The molecule has 0 saturated carbocycles. The Labute approximate surface area is 256 Å². The number of aliphatic hydroxyl groups excluding tert-OH is 1. The van der Waals surface area contributed by atoms with Crippen molar-refractivity contribution in [3.8, 4) is 16.5 Å². The quantitative estimate of drug-likeness (QED) is 0.177. The second-order valence-corrected chi connectivity index (χ2v) is 11.8. The number of carbonyl (C=O) groups is 1. The molecule has 1 amide bonds. The average molecular weight is 629 g/mol. The number of nitrogens with zero attached hydrogens (tertiary/aromatic N) is 3. The number of aliphatic hydroxyl groups is 1. The van der Waals surface area contributed by atoms with Gasteiger partial charge in [0.1, 0.15) is 28.5 Å². The summed E-state index contributed by atoms with van der Waals surface area (Å²) >= 11 is 1.21. The van der Waals surface area contributed by atoms with Gasteiger partial charge in [0.25, 0.3) is 11.5 Å². The van der Waals surface area contributed by atoms with Crippen LogP contribution in [-0.4, -0.2) is 64.8 Å². The van der Waals surface area contributed by atoms with Crippen molar-refractivity contribution in [2.45, 2.75) is 57.9 Å². The summed E-state index contributed by atoms with van der Waals surface area (Å²) in [6.45, 7) is 5.31. The first kappa shape index (κ1) is 31.6. The number of carbonyl (C=O) groups excluding carboxylic acids is 1. The minimum absolute atomic E-state index is 0.0109. The van der Waals surface area contributed by atoms with Crippen LogP contribution in [0.3, 0.4) is 0 Å². The summed E-state index contributed by atoms with van der Waals surface area (Å²) in [7, 11) is 1.57. The van der Waals surface area contributed by atoms with Gasteiger partial charge in [-0.25, -0.2) is 19.8 Å². The highest BCUT2D eigenvalue weighted by atomic mass is 32.1. The Bertz CT molecular complexity index is 1720. The predicted octanol–water partition coefficient (Wildman–Crippen LogP) is 2.91. The van der Waals surface area contributed by atoms with Crippen LogP contribution in [0, 0.1) is 6.92 Å². The Balaban J connectivity index is 1.72. The van der Waals surface area contributed by atoms with Gasteiger partial charge in [-0.15, -0.1) is 11.3 Å². The van der Waals surface area contributed by atoms with Gasteiger partial charge in [0.05, 0.1) is 49.4 Å². The van der Waals surface area contributed by atoms with Gasteiger partial charge < -0.3 is 23.7 Å². The molecule has 0 bridgehead atoms. The van der Waals surface area contributed by atoms with Crippen LogP contribution in [0.25, 0.3) is 21.0 Å². The van der Waals surface area contributed by atoms with Crippen LogP contribution in [0.4, 0.5) is 0 Å². The molecule has 1 aliphatic heterocycles. The third-order valence-corrected chi connectivity index (χ3v) is 8.97. The second-order valence-electron chi connectivity index (χ2n) is 10.8. The maximum absolute atomic E-state index is 14.4. The fourth-order valence-electron chi connectivity index (χ4n) is 5.29. The van der Waals surface area contributed by atoms with Gasteiger partial charge in [0.15, 0.2) is 0 Å². The first-order valence-electron chi connectivity index (χ1n) is 14.3. The van der Waals surface area contributed by atoms with Crippen molar-refractivity contribution >= 4 is 27.5 Å². The van der Waals surface area contributed by atoms with Crippen molar-refractivity contribution < 1.29 is 33.4 Å². The van der Waals surface area contributed by atoms with E-state index in [1.54, 1.807) is 14.0 Å². The van der Waals surface area contributed by atoms with E-state index in [4.69, 9.17) is 28.6 Å². The van der Waals surface area contributed by atoms with Crippen LogP contribution in [-0.2, 0) is 31.2 Å². The number of hydrogen-bond acceptors (Lipinski definition) is 11. The summed E-state index contributed by atoms with van der Waals surface area (Å²) in [6, 6.07) is 7.43. The van der Waals surface area contributed by atoms with E-state index >= 15 is 0 Å². The minimum Gasteiger partial charge on any atom is -0.496 e. The molecule has 2 N–H and O–H groups in total. The molecule has 1 fully saturated rings. The highest BCUT2D eigenvalue weighted by Crippen LogP contribution is 2.37. The molecule has 4 aromatic rings. The van der Waals surface area contributed by atoms with Crippen molar-refractivity contribution in [2.24, 2.45) is 0 Å². The van der Waals surface area contributed by atoms with E-state index in [1.807, 2.05) is 24.3 Å². The van der Waals surface area contributed by atoms with Gasteiger partial charge in [0.2, 0.25) is 5.89 Å². The Hall–Kier alpha value is -3.82. The number of hydrogen-bond donors (Lipinski definition) is 2. The molecule has 0 unspecified atom stereocenters. The molecule has 0 radical (unpaired) electrons. The molecule has 13 nitrogen and oxygen atoms in total. The number of aryl methyl sites for hydroxylation is 1. The van der Waals surface area contributed by atoms with Crippen LogP contribution < -0.4 is 21.5 Å². The SMILES string of the molecule is COc1ccccc1[C@H](Cn1c(=O)n(C(C)(C)C(=O)NOCCO)c(=O)c2c(C)c(-c3ncco3)sc21)OC1CCOCC1. The van der Waals surface area contributed by atoms with Crippen LogP contribution >= 0.6 is 11.3 Å². The van der Waals surface area contributed by atoms with Crippen molar-refractivity contribution in [3.05, 3.63) is 68.7 Å². The molecular formula is C30H36N4O9S. The van der Waals surface area contributed by atoms with E-state index in [0.717, 1.165) is 10.1 Å². The van der Waals surface area contributed by atoms with Crippen molar-refractivity contribution in [3.63, 3.8) is 0 Å². The van der Waals surface area contributed by atoms with Gasteiger partial charge in [-0.05, 0) is 45.2 Å². The second kappa shape index (κ2) is 13.4. The summed E-state index contributed by atoms with van der Waals surface area (Å²) in [6.07, 6.45) is 3.52. The zero-order chi connectivity index (χ0) is 31.4. The molecule has 236 valence electrons. The molecule has 44 heavy (non-hydrogen) atoms. The number of para-hydroxylation sites is 1. The number of fused-ring (bicyclic) bond motifs is 1. The van der Waals surface area contributed by atoms with Crippen LogP contribution in [0.15, 0.2) is 50.7 Å². The highest BCUT2D eigenvalue weighted by Gasteiger charge is 2.37. The molecule has 0 aliphatic carbocycles. The lowest BCUT2D eigenvalue weighted by Gasteiger charge is -2.30. The Morgan fingerprint density at radius 3 is 2.68 bits per heavy atom. The fraction of sp³-hybridized carbons (Fsp3) is 0.467. The number of methoxy groups -OCH3 is 1. The van der Waals surface area contributed by atoms with E-state index in [2.05, 4.69) is 10.5 Å². The molecule has 3 aromatic heterocycles. The average Bonchev–Trinajstić information content (AvgIpc) is 3.67. The van der Waals surface area contributed by atoms with E-state index in [-0.39, 0.29) is 31.2 Å². The van der Waals surface area contributed by atoms with E-state index in [9.17, 15) is 14.4 Å². The molecular weight excluding hydrogens is 592 g/mol. The molecule has 1 aliphatic rings. The summed E-state index contributed by atoms with van der Waals surface area (Å²) < 4.78 is 25.8. The summed E-state index contributed by atoms with van der Waals surface area (Å²) in [5.41, 5.74) is 0.499. The van der Waals surface area contributed by atoms with Gasteiger partial charge in [-0.2, -0.15) is 0 Å². The van der Waals surface area contributed by atoms with Gasteiger partial charge in [-0.3, -0.25) is 19.0 Å². The number of benzene rings is 1. The van der Waals surface area contributed by atoms with Gasteiger partial charge in [0, 0.05) is 18.8 Å². The number of ether oxygens (including phenoxy) is 3.